The van der Waals surface area contributed by atoms with Gasteiger partial charge in [-0.3, -0.25) is 14.6 Å². The van der Waals surface area contributed by atoms with Crippen molar-refractivity contribution >= 4 is 34.5 Å². The number of carbonyl (C=O) groups is 2. The van der Waals surface area contributed by atoms with Crippen molar-refractivity contribution in [3.05, 3.63) is 58.4 Å². The molecule has 1 spiro atoms. The number of rotatable bonds is 7. The molecule has 3 N–H and O–H groups in total. The minimum Gasteiger partial charge on any atom is -0.465 e. The largest absolute Gasteiger partial charge is 0.465 e. The Kier molecular flexibility index (Phi) is 6.54. The van der Waals surface area contributed by atoms with Crippen LogP contribution < -0.4 is 5.32 Å². The number of benzene rings is 2. The van der Waals surface area contributed by atoms with Gasteiger partial charge in [0.05, 0.1) is 29.4 Å². The summed E-state index contributed by atoms with van der Waals surface area (Å²) < 4.78 is 7.10. The van der Waals surface area contributed by atoms with Crippen LogP contribution in [0.1, 0.15) is 40.5 Å². The third kappa shape index (κ3) is 4.31. The van der Waals surface area contributed by atoms with Crippen LogP contribution in [-0.4, -0.2) is 75.3 Å². The van der Waals surface area contributed by atoms with Crippen LogP contribution in [0, 0.1) is 19.3 Å². The van der Waals surface area contributed by atoms with Crippen LogP contribution in [0.5, 0.6) is 0 Å². The number of aromatic nitrogens is 4. The predicted molar refractivity (Wildman–Crippen MR) is 152 cm³/mol. The number of nitrogens with one attached hydrogen (secondary N) is 2. The van der Waals surface area contributed by atoms with Gasteiger partial charge in [0.1, 0.15) is 5.69 Å². The van der Waals surface area contributed by atoms with Gasteiger partial charge in [-0.15, -0.1) is 0 Å². The molecule has 11 heteroatoms. The predicted octanol–water partition coefficient (Wildman–Crippen LogP) is 5.05. The number of H-pyrrole nitrogens is 1. The standard InChI is InChI=1S/C29H31ClN6O4/c1-16-10-22-21(13-32-33-22)24(25(16)30)23-17(2)36(20-11-29(12-20)14-35(15-29)28(38)39)34-26(23)18-4-6-19(7-5-18)27(37)31-8-9-40-3/h4-7,10,13,20H,8-9,11-12,14-15H2,1-3H3,(H,31,37)(H,32,33)(H,38,39). The zero-order valence-electron chi connectivity index (χ0n) is 22.6. The van der Waals surface area contributed by atoms with E-state index < -0.39 is 6.09 Å². The lowest BCUT2D eigenvalue weighted by Gasteiger charge is -2.58. The van der Waals surface area contributed by atoms with Crippen LogP contribution in [0.4, 0.5) is 4.79 Å². The lowest BCUT2D eigenvalue weighted by molar-refractivity contribution is -0.0775. The molecule has 3 heterocycles. The second-order valence-corrected chi connectivity index (χ2v) is 11.4. The molecule has 0 unspecified atom stereocenters. The molecule has 1 saturated heterocycles. The fourth-order valence-electron chi connectivity index (χ4n) is 6.24. The second kappa shape index (κ2) is 9.94. The van der Waals surface area contributed by atoms with E-state index in [2.05, 4.69) is 27.1 Å². The number of carbonyl (C=O) groups excluding carboxylic acids is 1. The lowest BCUT2D eigenvalue weighted by Crippen LogP contribution is -2.63. The molecule has 0 bridgehead atoms. The molecule has 6 rings (SSSR count). The van der Waals surface area contributed by atoms with Crippen LogP contribution >= 0.6 is 11.6 Å². The summed E-state index contributed by atoms with van der Waals surface area (Å²) in [6.45, 7) is 6.06. The normalized spacial score (nSPS) is 16.2. The molecule has 2 fully saturated rings. The summed E-state index contributed by atoms with van der Waals surface area (Å²) in [4.78, 5) is 25.3. The van der Waals surface area contributed by atoms with E-state index in [0.29, 0.717) is 36.8 Å². The fraction of sp³-hybridized carbons (Fsp3) is 0.379. The average molecular weight is 563 g/mol. The highest BCUT2D eigenvalue weighted by molar-refractivity contribution is 6.36. The van der Waals surface area contributed by atoms with Crippen molar-refractivity contribution in [3.63, 3.8) is 0 Å². The van der Waals surface area contributed by atoms with E-state index in [1.807, 2.05) is 25.1 Å². The fourth-order valence-corrected chi connectivity index (χ4v) is 6.49. The molecular weight excluding hydrogens is 532 g/mol. The first kappa shape index (κ1) is 26.3. The quantitative estimate of drug-likeness (QED) is 0.271. The van der Waals surface area contributed by atoms with Gasteiger partial charge >= 0.3 is 6.09 Å². The van der Waals surface area contributed by atoms with Crippen LogP contribution in [-0.2, 0) is 4.74 Å². The SMILES string of the molecule is COCCNC(=O)c1ccc(-c2nn(C3CC4(C3)CN(C(=O)O)C4)c(C)c2-c2c(Cl)c(C)cc3[nH]ncc23)cc1. The summed E-state index contributed by atoms with van der Waals surface area (Å²) in [6.07, 6.45) is 2.68. The Morgan fingerprint density at radius 3 is 2.60 bits per heavy atom. The molecule has 0 radical (unpaired) electrons. The van der Waals surface area contributed by atoms with Gasteiger partial charge < -0.3 is 20.1 Å². The maximum Gasteiger partial charge on any atom is 0.407 e. The Labute approximate surface area is 236 Å². The van der Waals surface area contributed by atoms with Crippen LogP contribution in [0.25, 0.3) is 33.3 Å². The van der Waals surface area contributed by atoms with E-state index in [1.54, 1.807) is 25.4 Å². The highest BCUT2D eigenvalue weighted by Crippen LogP contribution is 2.55. The number of hydrogen-bond acceptors (Lipinski definition) is 5. The van der Waals surface area contributed by atoms with E-state index in [9.17, 15) is 14.7 Å². The number of likely N-dealkylation sites (tertiary alicyclic amines) is 1. The van der Waals surface area contributed by atoms with Gasteiger partial charge in [-0.1, -0.05) is 23.7 Å². The lowest BCUT2D eigenvalue weighted by atomic mass is 9.61. The summed E-state index contributed by atoms with van der Waals surface area (Å²) in [6, 6.07) is 9.58. The highest BCUT2D eigenvalue weighted by atomic mass is 35.5. The Morgan fingerprint density at radius 2 is 1.93 bits per heavy atom. The molecule has 10 nitrogen and oxygen atoms in total. The maximum atomic E-state index is 12.6. The Hall–Kier alpha value is -3.89. The van der Waals surface area contributed by atoms with Gasteiger partial charge in [0.2, 0.25) is 0 Å². The Morgan fingerprint density at radius 1 is 1.20 bits per heavy atom. The summed E-state index contributed by atoms with van der Waals surface area (Å²) >= 11 is 6.98. The molecule has 4 aromatic rings. The number of hydrogen-bond donors (Lipinski definition) is 3. The van der Waals surface area contributed by atoms with E-state index in [0.717, 1.165) is 57.4 Å². The van der Waals surface area contributed by atoms with Crippen LogP contribution in [0.15, 0.2) is 36.5 Å². The number of nitrogens with zero attached hydrogens (tertiary/aromatic N) is 4. The van der Waals surface area contributed by atoms with Crippen molar-refractivity contribution in [2.75, 3.05) is 33.4 Å². The van der Waals surface area contributed by atoms with Crippen molar-refractivity contribution in [1.29, 1.82) is 0 Å². The number of carboxylic acid groups (broad SMARTS) is 1. The smallest absolute Gasteiger partial charge is 0.407 e. The molecule has 2 aromatic heterocycles. The van der Waals surface area contributed by atoms with Crippen molar-refractivity contribution in [3.8, 4) is 22.4 Å². The number of amides is 2. The number of ether oxygens (including phenoxy) is 1. The second-order valence-electron chi connectivity index (χ2n) is 11.0. The number of aromatic amines is 1. The molecule has 0 atom stereocenters. The molecule has 2 amide bonds. The number of halogens is 1. The van der Waals surface area contributed by atoms with Crippen LogP contribution in [0.3, 0.4) is 0 Å². The van der Waals surface area contributed by atoms with Gasteiger partial charge in [0, 0.05) is 65.5 Å². The van der Waals surface area contributed by atoms with Gasteiger partial charge in [-0.25, -0.2) is 4.79 Å². The van der Waals surface area contributed by atoms with E-state index >= 15 is 0 Å². The van der Waals surface area contributed by atoms with Crippen LogP contribution in [0.2, 0.25) is 5.02 Å². The first-order valence-corrected chi connectivity index (χ1v) is 13.7. The first-order chi connectivity index (χ1) is 19.2. The summed E-state index contributed by atoms with van der Waals surface area (Å²) in [5, 5.41) is 26.2. The van der Waals surface area contributed by atoms with Crippen molar-refractivity contribution in [2.45, 2.75) is 32.7 Å². The molecule has 208 valence electrons. The molecule has 2 aromatic carbocycles. The van der Waals surface area contributed by atoms with Crippen molar-refractivity contribution in [1.82, 2.24) is 30.2 Å². The third-order valence-electron chi connectivity index (χ3n) is 8.28. The summed E-state index contributed by atoms with van der Waals surface area (Å²) in [7, 11) is 1.60. The number of methoxy groups -OCH3 is 1. The van der Waals surface area contributed by atoms with E-state index in [4.69, 9.17) is 21.4 Å². The number of fused-ring (bicyclic) bond motifs is 1. The highest BCUT2D eigenvalue weighted by Gasteiger charge is 2.55. The average Bonchev–Trinajstić information content (AvgIpc) is 3.48. The summed E-state index contributed by atoms with van der Waals surface area (Å²) in [5.41, 5.74) is 6.86. The van der Waals surface area contributed by atoms with Crippen molar-refractivity contribution < 1.29 is 19.4 Å². The van der Waals surface area contributed by atoms with Gasteiger partial charge in [-0.2, -0.15) is 10.2 Å². The zero-order chi connectivity index (χ0) is 28.2. The minimum absolute atomic E-state index is 0.0401. The minimum atomic E-state index is -0.858. The maximum absolute atomic E-state index is 12.6. The van der Waals surface area contributed by atoms with Crippen molar-refractivity contribution in [2.24, 2.45) is 5.41 Å². The van der Waals surface area contributed by atoms with Gasteiger partial charge in [0.25, 0.3) is 5.91 Å². The van der Waals surface area contributed by atoms with E-state index in [1.165, 1.54) is 4.90 Å². The molecule has 1 aliphatic heterocycles. The molecule has 1 aliphatic carbocycles. The van der Waals surface area contributed by atoms with Gasteiger partial charge in [0.15, 0.2) is 0 Å². The third-order valence-corrected chi connectivity index (χ3v) is 8.77. The Bertz CT molecular complexity index is 1610. The summed E-state index contributed by atoms with van der Waals surface area (Å²) in [5.74, 6) is -0.164. The molecule has 1 saturated carbocycles. The van der Waals surface area contributed by atoms with Gasteiger partial charge in [-0.05, 0) is 50.5 Å². The topological polar surface area (TPSA) is 125 Å². The Balaban J connectivity index is 1.40. The number of aryl methyl sites for hydroxylation is 1. The molecule has 2 aliphatic rings. The molecular formula is C29H31ClN6O4. The zero-order valence-corrected chi connectivity index (χ0v) is 23.4. The molecule has 40 heavy (non-hydrogen) atoms. The monoisotopic (exact) mass is 562 g/mol. The van der Waals surface area contributed by atoms with E-state index in [-0.39, 0.29) is 17.4 Å². The first-order valence-electron chi connectivity index (χ1n) is 13.3.